The lowest BCUT2D eigenvalue weighted by atomic mass is 10.1. The Kier molecular flexibility index (Phi) is 6.78. The van der Waals surface area contributed by atoms with Gasteiger partial charge in [-0.3, -0.25) is 9.59 Å². The van der Waals surface area contributed by atoms with Crippen molar-refractivity contribution < 1.29 is 9.59 Å². The van der Waals surface area contributed by atoms with Crippen molar-refractivity contribution in [3.05, 3.63) is 53.0 Å². The van der Waals surface area contributed by atoms with Gasteiger partial charge in [0.1, 0.15) is 0 Å². The van der Waals surface area contributed by atoms with Gasteiger partial charge in [0.2, 0.25) is 0 Å². The van der Waals surface area contributed by atoms with Crippen LogP contribution in [0.15, 0.2) is 41.8 Å². The van der Waals surface area contributed by atoms with Crippen LogP contribution in [0.1, 0.15) is 54.9 Å². The summed E-state index contributed by atoms with van der Waals surface area (Å²) in [5.74, 6) is 0.154. The van der Waals surface area contributed by atoms with Gasteiger partial charge in [-0.2, -0.15) is 0 Å². The molecule has 0 aliphatic carbocycles. The van der Waals surface area contributed by atoms with E-state index in [1.807, 2.05) is 34.1 Å². The van der Waals surface area contributed by atoms with E-state index in [0.717, 1.165) is 74.3 Å². The van der Waals surface area contributed by atoms with Crippen LogP contribution in [0.3, 0.4) is 0 Å². The van der Waals surface area contributed by atoms with Gasteiger partial charge < -0.3 is 9.80 Å². The molecule has 2 amide bonds. The Hall–Kier alpha value is -2.01. The number of carbonyl (C=O) groups is 2. The second-order valence-corrected chi connectivity index (χ2v) is 8.21. The summed E-state index contributed by atoms with van der Waals surface area (Å²) in [5, 5.41) is 0. The maximum Gasteiger partial charge on any atom is 0.260 e. The molecule has 0 spiro atoms. The van der Waals surface area contributed by atoms with Crippen LogP contribution in [0.4, 0.5) is 0 Å². The second-order valence-electron chi connectivity index (χ2n) is 7.08. The lowest BCUT2D eigenvalue weighted by Crippen LogP contribution is -2.27. The first-order valence-corrected chi connectivity index (χ1v) is 10.7. The predicted molar refractivity (Wildman–Crippen MR) is 112 cm³/mol. The summed E-state index contributed by atoms with van der Waals surface area (Å²) in [4.78, 5) is 30.4. The van der Waals surface area contributed by atoms with Crippen molar-refractivity contribution in [2.24, 2.45) is 0 Å². The topological polar surface area (TPSA) is 40.6 Å². The van der Waals surface area contributed by atoms with Gasteiger partial charge in [0.25, 0.3) is 11.8 Å². The number of rotatable bonds is 6. The van der Waals surface area contributed by atoms with Crippen LogP contribution >= 0.6 is 11.8 Å². The number of nitrogens with zero attached hydrogens (tertiary/aromatic N) is 2. The molecule has 3 rings (SSSR count). The van der Waals surface area contributed by atoms with E-state index in [1.54, 1.807) is 0 Å². The minimum Gasteiger partial charge on any atom is -0.339 e. The summed E-state index contributed by atoms with van der Waals surface area (Å²) in [6.45, 7) is 9.47. The molecule has 1 aromatic rings. The first-order chi connectivity index (χ1) is 13.1. The van der Waals surface area contributed by atoms with Crippen LogP contribution in [0.5, 0.6) is 0 Å². The number of hydrogen-bond donors (Lipinski definition) is 0. The van der Waals surface area contributed by atoms with E-state index >= 15 is 0 Å². The third-order valence-corrected chi connectivity index (χ3v) is 6.11. The average molecular weight is 385 g/mol. The molecule has 0 N–H and O–H groups in total. The molecule has 2 aliphatic rings. The molecule has 0 atom stereocenters. The summed E-state index contributed by atoms with van der Waals surface area (Å²) in [6, 6.07) is 7.74. The van der Waals surface area contributed by atoms with Gasteiger partial charge in [0.15, 0.2) is 0 Å². The highest BCUT2D eigenvalue weighted by atomic mass is 32.2. The standard InChI is InChI=1S/C22H28N2O2S/c1-3-8-20(27-17(2)21(25)23-13-4-5-14-23)18-9-11-19(12-10-18)22(26)24-15-6-7-16-24/h8-12H,2-7,13-16H2,1H3/b20-8-. The Morgan fingerprint density at radius 1 is 0.963 bits per heavy atom. The maximum atomic E-state index is 12.5. The fourth-order valence-corrected chi connectivity index (χ4v) is 4.54. The highest BCUT2D eigenvalue weighted by Gasteiger charge is 2.22. The molecular weight excluding hydrogens is 356 g/mol. The van der Waals surface area contributed by atoms with Gasteiger partial charge in [-0.25, -0.2) is 0 Å². The summed E-state index contributed by atoms with van der Waals surface area (Å²) in [5.41, 5.74) is 1.75. The van der Waals surface area contributed by atoms with E-state index in [4.69, 9.17) is 0 Å². The van der Waals surface area contributed by atoms with Crippen molar-refractivity contribution >= 4 is 28.5 Å². The molecule has 2 fully saturated rings. The van der Waals surface area contributed by atoms with Crippen molar-refractivity contribution in [2.45, 2.75) is 39.0 Å². The molecule has 2 aliphatic heterocycles. The van der Waals surface area contributed by atoms with E-state index < -0.39 is 0 Å². The normalized spacial score (nSPS) is 17.4. The zero-order valence-electron chi connectivity index (χ0n) is 16.1. The first-order valence-electron chi connectivity index (χ1n) is 9.86. The molecule has 1 aromatic carbocycles. The molecule has 5 heteroatoms. The van der Waals surface area contributed by atoms with E-state index in [1.165, 1.54) is 11.8 Å². The number of amides is 2. The number of benzene rings is 1. The molecule has 2 saturated heterocycles. The van der Waals surface area contributed by atoms with Crippen molar-refractivity contribution in [1.82, 2.24) is 9.80 Å². The van der Waals surface area contributed by atoms with Gasteiger partial charge in [0.05, 0.1) is 4.91 Å². The number of carbonyl (C=O) groups excluding carboxylic acids is 2. The summed E-state index contributed by atoms with van der Waals surface area (Å²) < 4.78 is 0. The fourth-order valence-electron chi connectivity index (χ4n) is 3.56. The first kappa shape index (κ1) is 19.7. The Bertz CT molecular complexity index is 727. The summed E-state index contributed by atoms with van der Waals surface area (Å²) >= 11 is 1.44. The van der Waals surface area contributed by atoms with Crippen LogP contribution in [0.2, 0.25) is 0 Å². The van der Waals surface area contributed by atoms with Crippen molar-refractivity contribution in [1.29, 1.82) is 0 Å². The van der Waals surface area contributed by atoms with Gasteiger partial charge in [0, 0.05) is 36.6 Å². The van der Waals surface area contributed by atoms with Crippen LogP contribution in [0.25, 0.3) is 4.91 Å². The number of hydrogen-bond acceptors (Lipinski definition) is 3. The molecule has 27 heavy (non-hydrogen) atoms. The maximum absolute atomic E-state index is 12.5. The van der Waals surface area contributed by atoms with Crippen molar-refractivity contribution in [3.63, 3.8) is 0 Å². The Balaban J connectivity index is 1.69. The molecule has 0 aromatic heterocycles. The number of allylic oxidation sites excluding steroid dienone is 1. The van der Waals surface area contributed by atoms with Gasteiger partial charge in [-0.1, -0.05) is 43.5 Å². The van der Waals surface area contributed by atoms with Crippen LogP contribution in [0, 0.1) is 0 Å². The molecular formula is C22H28N2O2S. The van der Waals surface area contributed by atoms with E-state index in [-0.39, 0.29) is 11.8 Å². The van der Waals surface area contributed by atoms with Gasteiger partial charge in [-0.05, 0) is 49.8 Å². The Morgan fingerprint density at radius 2 is 1.48 bits per heavy atom. The fraction of sp³-hybridized carbons (Fsp3) is 0.455. The van der Waals surface area contributed by atoms with Crippen LogP contribution in [-0.2, 0) is 4.79 Å². The smallest absolute Gasteiger partial charge is 0.260 e. The number of thioether (sulfide) groups is 1. The zero-order chi connectivity index (χ0) is 19.2. The summed E-state index contributed by atoms with van der Waals surface area (Å²) in [6.07, 6.45) is 7.34. The van der Waals surface area contributed by atoms with E-state index in [0.29, 0.717) is 4.91 Å². The molecule has 0 unspecified atom stereocenters. The van der Waals surface area contributed by atoms with Crippen LogP contribution < -0.4 is 0 Å². The third kappa shape index (κ3) is 4.83. The molecule has 0 saturated carbocycles. The predicted octanol–water partition coefficient (Wildman–Crippen LogP) is 4.54. The lowest BCUT2D eigenvalue weighted by Gasteiger charge is -2.18. The lowest BCUT2D eigenvalue weighted by molar-refractivity contribution is -0.125. The van der Waals surface area contributed by atoms with E-state index in [2.05, 4.69) is 19.6 Å². The molecule has 0 radical (unpaired) electrons. The monoisotopic (exact) mass is 384 g/mol. The minimum absolute atomic E-state index is 0.0420. The molecule has 0 bridgehead atoms. The van der Waals surface area contributed by atoms with Crippen molar-refractivity contribution in [3.8, 4) is 0 Å². The SMILES string of the molecule is C=C(S/C(=C\CC)c1ccc(C(=O)N2CCCC2)cc1)C(=O)N1CCCC1. The van der Waals surface area contributed by atoms with Gasteiger partial charge >= 0.3 is 0 Å². The molecule has 144 valence electrons. The number of likely N-dealkylation sites (tertiary alicyclic amines) is 2. The largest absolute Gasteiger partial charge is 0.339 e. The van der Waals surface area contributed by atoms with Crippen molar-refractivity contribution in [2.75, 3.05) is 26.2 Å². The molecule has 4 nitrogen and oxygen atoms in total. The highest BCUT2D eigenvalue weighted by Crippen LogP contribution is 2.35. The highest BCUT2D eigenvalue weighted by molar-refractivity contribution is 8.12. The quantitative estimate of drug-likeness (QED) is 0.676. The van der Waals surface area contributed by atoms with Gasteiger partial charge in [-0.15, -0.1) is 0 Å². The Morgan fingerprint density at radius 3 is 2.04 bits per heavy atom. The van der Waals surface area contributed by atoms with Crippen LogP contribution in [-0.4, -0.2) is 47.8 Å². The minimum atomic E-state index is 0.0420. The summed E-state index contributed by atoms with van der Waals surface area (Å²) in [7, 11) is 0. The third-order valence-electron chi connectivity index (χ3n) is 5.06. The second kappa shape index (κ2) is 9.27. The molecule has 2 heterocycles. The zero-order valence-corrected chi connectivity index (χ0v) is 16.9. The Labute approximate surface area is 166 Å². The average Bonchev–Trinajstić information content (AvgIpc) is 3.40. The van der Waals surface area contributed by atoms with E-state index in [9.17, 15) is 9.59 Å².